The van der Waals surface area contributed by atoms with Gasteiger partial charge in [0, 0.05) is 0 Å². The largest absolute Gasteiger partial charge is 0.0619 e. The molecule has 0 heterocycles. The van der Waals surface area contributed by atoms with Gasteiger partial charge in [-0.05, 0) is 106 Å². The quantitative estimate of drug-likeness (QED) is 0.184. The highest BCUT2D eigenvalue weighted by Gasteiger charge is 2.29. The topological polar surface area (TPSA) is 0 Å². The lowest BCUT2D eigenvalue weighted by Crippen LogP contribution is -2.15. The highest BCUT2D eigenvalue weighted by Crippen LogP contribution is 2.51. The van der Waals surface area contributed by atoms with Crippen LogP contribution in [-0.2, 0) is 16.2 Å². The normalized spacial score (nSPS) is 12.7. The van der Waals surface area contributed by atoms with Gasteiger partial charge in [0.15, 0.2) is 0 Å². The van der Waals surface area contributed by atoms with Gasteiger partial charge in [0.1, 0.15) is 0 Å². The summed E-state index contributed by atoms with van der Waals surface area (Å²) in [6.45, 7) is 21.0. The van der Waals surface area contributed by atoms with Gasteiger partial charge in [-0.25, -0.2) is 0 Å². The molecule has 0 amide bonds. The average molecular weight is 575 g/mol. The number of hydrogen-bond acceptors (Lipinski definition) is 0. The molecule has 0 aliphatic carbocycles. The van der Waals surface area contributed by atoms with Crippen molar-refractivity contribution in [1.29, 1.82) is 0 Å². The Morgan fingerprint density at radius 1 is 0.318 bits per heavy atom. The fourth-order valence-electron chi connectivity index (χ4n) is 6.95. The first-order valence-corrected chi connectivity index (χ1v) is 16.0. The molecule has 6 aromatic rings. The van der Waals surface area contributed by atoms with E-state index in [0.29, 0.717) is 0 Å². The molecule has 6 rings (SSSR count). The van der Waals surface area contributed by atoms with Gasteiger partial charge in [-0.3, -0.25) is 0 Å². The Kier molecular flexibility index (Phi) is 7.32. The van der Waals surface area contributed by atoms with Crippen molar-refractivity contribution < 1.29 is 0 Å². The zero-order chi connectivity index (χ0) is 31.4. The number of hydrogen-bond donors (Lipinski definition) is 0. The summed E-state index contributed by atoms with van der Waals surface area (Å²) in [5.41, 5.74) is 11.9. The Morgan fingerprint density at radius 2 is 0.705 bits per heavy atom. The maximum absolute atomic E-state index is 2.48. The fraction of sp³-hybridized carbons (Fsp3) is 0.273. The van der Waals surface area contributed by atoms with Crippen LogP contribution in [0, 0.1) is 0 Å². The Labute approximate surface area is 264 Å². The van der Waals surface area contributed by atoms with Crippen LogP contribution in [-0.4, -0.2) is 0 Å². The Hall–Kier alpha value is -4.16. The summed E-state index contributed by atoms with van der Waals surface area (Å²) in [7, 11) is 0. The van der Waals surface area contributed by atoms with Gasteiger partial charge >= 0.3 is 0 Å². The van der Waals surface area contributed by atoms with Gasteiger partial charge in [0.25, 0.3) is 0 Å². The van der Waals surface area contributed by atoms with E-state index in [-0.39, 0.29) is 16.2 Å². The minimum Gasteiger partial charge on any atom is -0.0619 e. The maximum Gasteiger partial charge on any atom is -0.00172 e. The third-order valence-electron chi connectivity index (χ3n) is 9.04. The molecular formula is C44H46. The molecule has 6 aromatic carbocycles. The molecule has 222 valence electrons. The Balaban J connectivity index is 1.93. The highest BCUT2D eigenvalue weighted by atomic mass is 14.3. The second-order valence-electron chi connectivity index (χ2n) is 15.5. The maximum atomic E-state index is 2.48. The van der Waals surface area contributed by atoms with Crippen LogP contribution in [0.3, 0.4) is 0 Å². The van der Waals surface area contributed by atoms with Gasteiger partial charge in [0.05, 0.1) is 0 Å². The first-order valence-electron chi connectivity index (χ1n) is 16.0. The van der Waals surface area contributed by atoms with Crippen molar-refractivity contribution in [1.82, 2.24) is 0 Å². The monoisotopic (exact) mass is 574 g/mol. The summed E-state index contributed by atoms with van der Waals surface area (Å²) in [5, 5.41) is 5.12. The van der Waals surface area contributed by atoms with Gasteiger partial charge in [-0.15, -0.1) is 0 Å². The van der Waals surface area contributed by atoms with Crippen molar-refractivity contribution in [3.8, 4) is 33.4 Å². The van der Waals surface area contributed by atoms with Crippen LogP contribution in [0.5, 0.6) is 0 Å². The van der Waals surface area contributed by atoms with E-state index in [1.165, 1.54) is 71.6 Å². The van der Waals surface area contributed by atoms with Gasteiger partial charge in [-0.2, -0.15) is 0 Å². The average Bonchev–Trinajstić information content (AvgIpc) is 2.98. The third kappa shape index (κ3) is 5.36. The lowest BCUT2D eigenvalue weighted by molar-refractivity contribution is 0.590. The third-order valence-corrected chi connectivity index (χ3v) is 9.04. The van der Waals surface area contributed by atoms with Crippen LogP contribution in [0.15, 0.2) is 115 Å². The molecular weight excluding hydrogens is 528 g/mol. The Morgan fingerprint density at radius 3 is 1.20 bits per heavy atom. The summed E-state index contributed by atoms with van der Waals surface area (Å²) in [5.74, 6) is 0. The zero-order valence-corrected chi connectivity index (χ0v) is 28.0. The van der Waals surface area contributed by atoms with Crippen molar-refractivity contribution in [2.24, 2.45) is 0 Å². The Bertz CT molecular complexity index is 2000. The van der Waals surface area contributed by atoms with Crippen molar-refractivity contribution in [3.63, 3.8) is 0 Å². The van der Waals surface area contributed by atoms with Crippen LogP contribution in [0.25, 0.3) is 54.9 Å². The molecule has 0 fully saturated rings. The molecule has 0 nitrogen and oxygen atoms in total. The summed E-state index contributed by atoms with van der Waals surface area (Å²) in [6.07, 6.45) is 0. The molecule has 0 saturated heterocycles. The van der Waals surface area contributed by atoms with Crippen molar-refractivity contribution in [2.45, 2.75) is 78.6 Å². The molecule has 0 radical (unpaired) electrons. The van der Waals surface area contributed by atoms with Gasteiger partial charge < -0.3 is 0 Å². The molecule has 44 heavy (non-hydrogen) atoms. The van der Waals surface area contributed by atoms with Crippen LogP contribution in [0.2, 0.25) is 0 Å². The molecule has 0 aromatic heterocycles. The smallest absolute Gasteiger partial charge is 0.00172 e. The predicted molar refractivity (Wildman–Crippen MR) is 194 cm³/mol. The summed E-state index contributed by atoms with van der Waals surface area (Å²) in [4.78, 5) is 0. The zero-order valence-electron chi connectivity index (χ0n) is 28.0. The summed E-state index contributed by atoms with van der Waals surface area (Å²) >= 11 is 0. The van der Waals surface area contributed by atoms with Crippen molar-refractivity contribution in [2.75, 3.05) is 0 Å². The highest BCUT2D eigenvalue weighted by molar-refractivity contribution is 6.14. The lowest BCUT2D eigenvalue weighted by Gasteiger charge is -2.31. The summed E-state index contributed by atoms with van der Waals surface area (Å²) in [6, 6.07) is 43.4. The van der Waals surface area contributed by atoms with Crippen LogP contribution in [0.1, 0.15) is 79.0 Å². The second kappa shape index (κ2) is 10.8. The number of fused-ring (bicyclic) bond motifs is 2. The number of benzene rings is 6. The van der Waals surface area contributed by atoms with Crippen LogP contribution in [0.4, 0.5) is 0 Å². The van der Waals surface area contributed by atoms with Crippen LogP contribution < -0.4 is 0 Å². The summed E-state index contributed by atoms with van der Waals surface area (Å²) < 4.78 is 0. The van der Waals surface area contributed by atoms with E-state index >= 15 is 0 Å². The van der Waals surface area contributed by atoms with E-state index in [9.17, 15) is 0 Å². The van der Waals surface area contributed by atoms with E-state index in [0.717, 1.165) is 0 Å². The molecule has 0 N–H and O–H groups in total. The van der Waals surface area contributed by atoms with Crippen molar-refractivity contribution in [3.05, 3.63) is 132 Å². The van der Waals surface area contributed by atoms with Gasteiger partial charge in [-0.1, -0.05) is 159 Å². The lowest BCUT2D eigenvalue weighted by atomic mass is 9.73. The van der Waals surface area contributed by atoms with E-state index in [1.54, 1.807) is 0 Å². The first kappa shape index (κ1) is 29.9. The van der Waals surface area contributed by atoms with E-state index in [4.69, 9.17) is 0 Å². The molecule has 0 heteroatoms. The van der Waals surface area contributed by atoms with E-state index in [1.807, 2.05) is 0 Å². The SMILES string of the molecule is CC(C)(C)c1ccccc1-c1cc2cc3ccccc3cc2c(-c2ccccc2C(C)(C)C)c1-c1ccccc1C(C)(C)C. The van der Waals surface area contributed by atoms with Crippen molar-refractivity contribution >= 4 is 21.5 Å². The predicted octanol–water partition coefficient (Wildman–Crippen LogP) is 12.9. The standard InChI is InChI=1S/C44H46/c1-42(2,3)37-23-15-12-20-32(37)36-28-31-26-29-18-10-11-19-30(29)27-35(31)40(33-21-13-16-24-38(33)43(4,5)6)41(36)34-22-14-17-25-39(34)44(7,8)9/h10-28H,1-9H3. The van der Waals surface area contributed by atoms with E-state index in [2.05, 4.69) is 178 Å². The molecule has 0 aliphatic heterocycles. The minimum atomic E-state index is -0.0312. The van der Waals surface area contributed by atoms with E-state index < -0.39 is 0 Å². The molecule has 0 bridgehead atoms. The molecule has 0 unspecified atom stereocenters. The van der Waals surface area contributed by atoms with Crippen LogP contribution >= 0.6 is 0 Å². The first-order chi connectivity index (χ1) is 20.7. The number of rotatable bonds is 3. The fourth-order valence-corrected chi connectivity index (χ4v) is 6.95. The molecule has 0 spiro atoms. The molecule has 0 aliphatic rings. The van der Waals surface area contributed by atoms with Gasteiger partial charge in [0.2, 0.25) is 0 Å². The minimum absolute atomic E-state index is 0.0147. The molecule has 0 atom stereocenters. The second-order valence-corrected chi connectivity index (χ2v) is 15.5. The molecule has 0 saturated carbocycles.